The van der Waals surface area contributed by atoms with Crippen LogP contribution in [0.15, 0.2) is 78.9 Å². The van der Waals surface area contributed by atoms with Gasteiger partial charge in [-0.15, -0.1) is 0 Å². The van der Waals surface area contributed by atoms with Gasteiger partial charge in [0.05, 0.1) is 18.1 Å². The number of esters is 2. The molecule has 0 spiro atoms. The van der Waals surface area contributed by atoms with Gasteiger partial charge in [-0.2, -0.15) is 0 Å². The zero-order valence-corrected chi connectivity index (χ0v) is 21.9. The minimum atomic E-state index is -1.81. The van der Waals surface area contributed by atoms with E-state index in [1.807, 2.05) is 24.3 Å². The average Bonchev–Trinajstić information content (AvgIpc) is 2.92. The fraction of sp³-hybridized carbons (Fsp3) is 0.323. The van der Waals surface area contributed by atoms with E-state index in [-0.39, 0.29) is 31.3 Å². The van der Waals surface area contributed by atoms with Crippen LogP contribution in [0.1, 0.15) is 42.9 Å². The molecule has 204 valence electrons. The molecule has 3 aromatic carbocycles. The van der Waals surface area contributed by atoms with Crippen molar-refractivity contribution in [3.05, 3.63) is 95.6 Å². The fourth-order valence-electron chi connectivity index (χ4n) is 5.06. The molecule has 8 nitrogen and oxygen atoms in total. The first-order valence-corrected chi connectivity index (χ1v) is 12.8. The largest absolute Gasteiger partial charge is 0.504 e. The van der Waals surface area contributed by atoms with Gasteiger partial charge in [0, 0.05) is 12.3 Å². The van der Waals surface area contributed by atoms with E-state index in [2.05, 4.69) is 0 Å². The van der Waals surface area contributed by atoms with E-state index in [0.29, 0.717) is 5.56 Å². The number of ketones is 1. The summed E-state index contributed by atoms with van der Waals surface area (Å²) in [5, 5.41) is 21.6. The molecule has 0 amide bonds. The summed E-state index contributed by atoms with van der Waals surface area (Å²) in [5.74, 6) is -5.94. The number of aliphatic hydroxyl groups is 1. The Morgan fingerprint density at radius 3 is 2.03 bits per heavy atom. The minimum absolute atomic E-state index is 0.0458. The van der Waals surface area contributed by atoms with Crippen molar-refractivity contribution in [2.45, 2.75) is 45.0 Å². The first-order chi connectivity index (χ1) is 18.7. The van der Waals surface area contributed by atoms with Crippen molar-refractivity contribution >= 4 is 17.7 Å². The SMILES string of the molecule is CCOc1cc(C2C(C(=O)OCc3ccccc3)C(=O)CC(C)(O)C2C(=O)OCc2ccccc2)ccc1O. The third kappa shape index (κ3) is 6.46. The van der Waals surface area contributed by atoms with E-state index in [9.17, 15) is 24.6 Å². The predicted octanol–water partition coefficient (Wildman–Crippen LogP) is 4.32. The summed E-state index contributed by atoms with van der Waals surface area (Å²) >= 11 is 0. The number of phenols is 1. The average molecular weight is 533 g/mol. The molecule has 0 aliphatic heterocycles. The fourth-order valence-corrected chi connectivity index (χ4v) is 5.06. The Labute approximate surface area is 227 Å². The summed E-state index contributed by atoms with van der Waals surface area (Å²) in [4.78, 5) is 40.4. The van der Waals surface area contributed by atoms with Gasteiger partial charge in [0.25, 0.3) is 0 Å². The van der Waals surface area contributed by atoms with Crippen LogP contribution in [0.2, 0.25) is 0 Å². The van der Waals surface area contributed by atoms with Crippen LogP contribution in [-0.2, 0) is 37.1 Å². The van der Waals surface area contributed by atoms with Crippen LogP contribution in [0, 0.1) is 11.8 Å². The zero-order valence-electron chi connectivity index (χ0n) is 21.9. The highest BCUT2D eigenvalue weighted by molar-refractivity contribution is 6.02. The van der Waals surface area contributed by atoms with Crippen LogP contribution in [0.3, 0.4) is 0 Å². The number of hydrogen-bond acceptors (Lipinski definition) is 8. The molecule has 0 aromatic heterocycles. The van der Waals surface area contributed by atoms with Gasteiger partial charge in [0.2, 0.25) is 0 Å². The molecule has 1 fully saturated rings. The molecule has 4 unspecified atom stereocenters. The van der Waals surface area contributed by atoms with E-state index in [1.54, 1.807) is 43.3 Å². The van der Waals surface area contributed by atoms with Crippen molar-refractivity contribution in [3.8, 4) is 11.5 Å². The van der Waals surface area contributed by atoms with Crippen molar-refractivity contribution in [2.75, 3.05) is 6.61 Å². The Bertz CT molecular complexity index is 1300. The predicted molar refractivity (Wildman–Crippen MR) is 142 cm³/mol. The van der Waals surface area contributed by atoms with Gasteiger partial charge in [-0.1, -0.05) is 66.7 Å². The molecular weight excluding hydrogens is 500 g/mol. The quantitative estimate of drug-likeness (QED) is 0.309. The lowest BCUT2D eigenvalue weighted by Crippen LogP contribution is -2.55. The second-order valence-electron chi connectivity index (χ2n) is 9.83. The van der Waals surface area contributed by atoms with Gasteiger partial charge < -0.3 is 24.4 Å². The van der Waals surface area contributed by atoms with Crippen LogP contribution in [-0.4, -0.2) is 40.1 Å². The number of carbonyl (C=O) groups is 3. The molecule has 4 atom stereocenters. The number of carbonyl (C=O) groups excluding carboxylic acids is 3. The van der Waals surface area contributed by atoms with Gasteiger partial charge in [-0.05, 0) is 42.7 Å². The van der Waals surface area contributed by atoms with Crippen LogP contribution in [0.4, 0.5) is 0 Å². The summed E-state index contributed by atoms with van der Waals surface area (Å²) in [7, 11) is 0. The van der Waals surface area contributed by atoms with E-state index < -0.39 is 47.5 Å². The number of ether oxygens (including phenoxy) is 3. The highest BCUT2D eigenvalue weighted by Crippen LogP contribution is 2.48. The molecular formula is C31H32O8. The third-order valence-electron chi connectivity index (χ3n) is 6.89. The number of rotatable bonds is 9. The molecule has 0 heterocycles. The zero-order chi connectivity index (χ0) is 28.0. The van der Waals surface area contributed by atoms with Crippen molar-refractivity contribution in [1.29, 1.82) is 0 Å². The van der Waals surface area contributed by atoms with E-state index in [1.165, 1.54) is 25.1 Å². The summed E-state index contributed by atoms with van der Waals surface area (Å²) in [6.45, 7) is 3.28. The molecule has 2 N–H and O–H groups in total. The molecule has 4 rings (SSSR count). The van der Waals surface area contributed by atoms with Gasteiger partial charge >= 0.3 is 11.9 Å². The van der Waals surface area contributed by atoms with Crippen LogP contribution < -0.4 is 4.74 Å². The number of hydrogen-bond donors (Lipinski definition) is 2. The Hall–Kier alpha value is -4.17. The lowest BCUT2D eigenvalue weighted by molar-refractivity contribution is -0.174. The van der Waals surface area contributed by atoms with Crippen LogP contribution >= 0.6 is 0 Å². The lowest BCUT2D eigenvalue weighted by Gasteiger charge is -2.43. The van der Waals surface area contributed by atoms with E-state index in [0.717, 1.165) is 11.1 Å². The Morgan fingerprint density at radius 2 is 1.46 bits per heavy atom. The lowest BCUT2D eigenvalue weighted by atomic mass is 9.61. The first-order valence-electron chi connectivity index (χ1n) is 12.8. The minimum Gasteiger partial charge on any atom is -0.504 e. The molecule has 1 aliphatic rings. The molecule has 39 heavy (non-hydrogen) atoms. The van der Waals surface area contributed by atoms with Crippen molar-refractivity contribution in [3.63, 3.8) is 0 Å². The Morgan fingerprint density at radius 1 is 0.897 bits per heavy atom. The molecule has 8 heteroatoms. The maximum Gasteiger partial charge on any atom is 0.317 e. The van der Waals surface area contributed by atoms with Gasteiger partial charge in [-0.25, -0.2) is 0 Å². The van der Waals surface area contributed by atoms with Crippen LogP contribution in [0.25, 0.3) is 0 Å². The molecule has 0 bridgehead atoms. The van der Waals surface area contributed by atoms with Crippen molar-refractivity contribution < 1.29 is 38.8 Å². The summed E-state index contributed by atoms with van der Waals surface area (Å²) in [6, 6.07) is 22.4. The Balaban J connectivity index is 1.71. The number of benzene rings is 3. The smallest absolute Gasteiger partial charge is 0.317 e. The summed E-state index contributed by atoms with van der Waals surface area (Å²) < 4.78 is 16.7. The maximum atomic E-state index is 13.6. The highest BCUT2D eigenvalue weighted by atomic mass is 16.5. The summed E-state index contributed by atoms with van der Waals surface area (Å²) in [5.41, 5.74) is 0.0266. The normalized spacial score (nSPS) is 22.6. The van der Waals surface area contributed by atoms with Gasteiger partial charge in [0.1, 0.15) is 19.1 Å². The third-order valence-corrected chi connectivity index (χ3v) is 6.89. The van der Waals surface area contributed by atoms with Gasteiger partial charge in [-0.3, -0.25) is 14.4 Å². The second-order valence-corrected chi connectivity index (χ2v) is 9.83. The number of aromatic hydroxyl groups is 1. The van der Waals surface area contributed by atoms with Crippen molar-refractivity contribution in [2.24, 2.45) is 11.8 Å². The van der Waals surface area contributed by atoms with Crippen LogP contribution in [0.5, 0.6) is 11.5 Å². The van der Waals surface area contributed by atoms with Crippen molar-refractivity contribution in [1.82, 2.24) is 0 Å². The monoisotopic (exact) mass is 532 g/mol. The number of phenolic OH excluding ortho intramolecular Hbond substituents is 1. The summed E-state index contributed by atoms with van der Waals surface area (Å²) in [6.07, 6.45) is -0.434. The highest BCUT2D eigenvalue weighted by Gasteiger charge is 2.57. The number of Topliss-reactive ketones (excluding diaryl/α,β-unsaturated/α-hetero) is 1. The molecule has 1 aliphatic carbocycles. The topological polar surface area (TPSA) is 119 Å². The maximum absolute atomic E-state index is 13.6. The standard InChI is InChI=1S/C31H32O8/c1-3-37-25-16-22(14-15-23(25)32)26-27(29(34)38-18-20-10-6-4-7-11-20)24(33)17-31(2,36)28(26)30(35)39-19-21-12-8-5-9-13-21/h4-16,26-28,32,36H,3,17-19H2,1-2H3. The molecule has 0 saturated heterocycles. The Kier molecular flexibility index (Phi) is 8.66. The molecule has 0 radical (unpaired) electrons. The molecule has 3 aromatic rings. The second kappa shape index (κ2) is 12.1. The molecule has 1 saturated carbocycles. The van der Waals surface area contributed by atoms with E-state index in [4.69, 9.17) is 14.2 Å². The van der Waals surface area contributed by atoms with Gasteiger partial charge in [0.15, 0.2) is 17.3 Å². The van der Waals surface area contributed by atoms with E-state index >= 15 is 0 Å². The first kappa shape index (κ1) is 27.9.